The summed E-state index contributed by atoms with van der Waals surface area (Å²) >= 11 is 12.0. The van der Waals surface area contributed by atoms with Gasteiger partial charge in [-0.2, -0.15) is 0 Å². The Bertz CT molecular complexity index is 661. The molecule has 1 saturated heterocycles. The number of rotatable bonds is 5. The molecule has 6 heteroatoms. The zero-order valence-corrected chi connectivity index (χ0v) is 14.1. The molecule has 0 aliphatic carbocycles. The summed E-state index contributed by atoms with van der Waals surface area (Å²) in [5.74, 6) is 1.22. The third-order valence-electron chi connectivity index (χ3n) is 3.62. The van der Waals surface area contributed by atoms with E-state index in [0.29, 0.717) is 28.3 Å². The van der Waals surface area contributed by atoms with Crippen LogP contribution in [0.15, 0.2) is 36.4 Å². The molecule has 1 aromatic heterocycles. The lowest BCUT2D eigenvalue weighted by molar-refractivity contribution is 0.155. The van der Waals surface area contributed by atoms with Crippen LogP contribution in [0.25, 0.3) is 0 Å². The van der Waals surface area contributed by atoms with Gasteiger partial charge in [-0.25, -0.2) is 4.98 Å². The molecule has 0 saturated carbocycles. The fourth-order valence-corrected chi connectivity index (χ4v) is 2.89. The maximum atomic E-state index is 6.10. The third kappa shape index (κ3) is 4.74. The van der Waals surface area contributed by atoms with Gasteiger partial charge in [-0.1, -0.05) is 29.3 Å². The summed E-state index contributed by atoms with van der Waals surface area (Å²) in [7, 11) is 0. The van der Waals surface area contributed by atoms with Crippen LogP contribution in [-0.4, -0.2) is 24.2 Å². The van der Waals surface area contributed by atoms with E-state index >= 15 is 0 Å². The van der Waals surface area contributed by atoms with Crippen molar-refractivity contribution in [1.29, 1.82) is 0 Å². The molecular formula is C17H18Cl2N2O2. The van der Waals surface area contributed by atoms with Gasteiger partial charge in [0.1, 0.15) is 18.5 Å². The number of aromatic nitrogens is 1. The number of nitrogens with one attached hydrogen (secondary N) is 1. The van der Waals surface area contributed by atoms with Gasteiger partial charge in [-0.15, -0.1) is 0 Å². The smallest absolute Gasteiger partial charge is 0.213 e. The van der Waals surface area contributed by atoms with Crippen molar-refractivity contribution in [3.8, 4) is 11.6 Å². The molecule has 2 aromatic rings. The number of halogens is 2. The van der Waals surface area contributed by atoms with E-state index in [2.05, 4.69) is 10.3 Å². The fraction of sp³-hybridized carbons (Fsp3) is 0.353. The van der Waals surface area contributed by atoms with Gasteiger partial charge in [-0.3, -0.25) is 0 Å². The Morgan fingerprint density at radius 3 is 2.74 bits per heavy atom. The molecule has 1 N–H and O–H groups in total. The summed E-state index contributed by atoms with van der Waals surface area (Å²) in [6.45, 7) is 2.30. The Morgan fingerprint density at radius 2 is 1.96 bits per heavy atom. The minimum atomic E-state index is 0.227. The second-order valence-electron chi connectivity index (χ2n) is 5.40. The van der Waals surface area contributed by atoms with Gasteiger partial charge in [-0.05, 0) is 50.2 Å². The normalized spacial score (nSPS) is 15.4. The molecule has 0 unspecified atom stereocenters. The topological polar surface area (TPSA) is 43.4 Å². The standard InChI is InChI=1S/C17H18Cl2N2O2/c18-12-4-5-16(15(19)10-12)22-11-13-2-1-3-17(21-13)23-14-6-8-20-9-7-14/h1-5,10,14,20H,6-9,11H2. The summed E-state index contributed by atoms with van der Waals surface area (Å²) in [6.07, 6.45) is 2.23. The highest BCUT2D eigenvalue weighted by Gasteiger charge is 2.15. The molecule has 23 heavy (non-hydrogen) atoms. The highest BCUT2D eigenvalue weighted by molar-refractivity contribution is 6.35. The molecule has 0 bridgehead atoms. The summed E-state index contributed by atoms with van der Waals surface area (Å²) in [5, 5.41) is 4.38. The quantitative estimate of drug-likeness (QED) is 0.879. The van der Waals surface area contributed by atoms with Crippen molar-refractivity contribution in [3.63, 3.8) is 0 Å². The summed E-state index contributed by atoms with van der Waals surface area (Å²) in [6, 6.07) is 10.8. The Labute approximate surface area is 145 Å². The molecule has 122 valence electrons. The van der Waals surface area contributed by atoms with Crippen LogP contribution in [0, 0.1) is 0 Å². The number of nitrogens with zero attached hydrogens (tertiary/aromatic N) is 1. The first-order valence-corrected chi connectivity index (χ1v) is 8.37. The van der Waals surface area contributed by atoms with Gasteiger partial charge in [0.25, 0.3) is 0 Å². The molecule has 0 atom stereocenters. The highest BCUT2D eigenvalue weighted by atomic mass is 35.5. The molecule has 0 radical (unpaired) electrons. The van der Waals surface area contributed by atoms with Crippen LogP contribution in [0.3, 0.4) is 0 Å². The molecule has 1 aromatic carbocycles. The van der Waals surface area contributed by atoms with E-state index in [1.807, 2.05) is 18.2 Å². The third-order valence-corrected chi connectivity index (χ3v) is 4.15. The molecule has 1 fully saturated rings. The van der Waals surface area contributed by atoms with Gasteiger partial charge < -0.3 is 14.8 Å². The van der Waals surface area contributed by atoms with E-state index in [1.54, 1.807) is 18.2 Å². The van der Waals surface area contributed by atoms with Crippen LogP contribution >= 0.6 is 23.2 Å². The van der Waals surface area contributed by atoms with Gasteiger partial charge in [0, 0.05) is 11.1 Å². The molecule has 2 heterocycles. The van der Waals surface area contributed by atoms with Crippen LogP contribution in [0.2, 0.25) is 10.0 Å². The van der Waals surface area contributed by atoms with E-state index in [-0.39, 0.29) is 6.10 Å². The van der Waals surface area contributed by atoms with Crippen molar-refractivity contribution in [2.24, 2.45) is 0 Å². The largest absolute Gasteiger partial charge is 0.486 e. The minimum Gasteiger partial charge on any atom is -0.486 e. The highest BCUT2D eigenvalue weighted by Crippen LogP contribution is 2.28. The van der Waals surface area contributed by atoms with Gasteiger partial charge in [0.05, 0.1) is 10.7 Å². The predicted octanol–water partition coefficient (Wildman–Crippen LogP) is 4.10. The van der Waals surface area contributed by atoms with Gasteiger partial charge >= 0.3 is 0 Å². The van der Waals surface area contributed by atoms with Crippen LogP contribution in [0.1, 0.15) is 18.5 Å². The van der Waals surface area contributed by atoms with Crippen LogP contribution in [0.5, 0.6) is 11.6 Å². The van der Waals surface area contributed by atoms with Crippen molar-refractivity contribution in [3.05, 3.63) is 52.1 Å². The zero-order valence-electron chi connectivity index (χ0n) is 12.6. The monoisotopic (exact) mass is 352 g/mol. The summed E-state index contributed by atoms with van der Waals surface area (Å²) in [4.78, 5) is 4.49. The van der Waals surface area contributed by atoms with Crippen LogP contribution in [-0.2, 0) is 6.61 Å². The molecule has 3 rings (SSSR count). The SMILES string of the molecule is Clc1ccc(OCc2cccc(OC3CCNCC3)n2)c(Cl)c1. The lowest BCUT2D eigenvalue weighted by Gasteiger charge is -2.23. The second kappa shape index (κ2) is 7.86. The molecular weight excluding hydrogens is 335 g/mol. The summed E-state index contributed by atoms with van der Waals surface area (Å²) in [5.41, 5.74) is 0.794. The number of benzene rings is 1. The number of ether oxygens (including phenoxy) is 2. The van der Waals surface area contributed by atoms with E-state index in [9.17, 15) is 0 Å². The molecule has 0 amide bonds. The molecule has 0 spiro atoms. The van der Waals surface area contributed by atoms with E-state index in [0.717, 1.165) is 31.6 Å². The molecule has 1 aliphatic heterocycles. The lowest BCUT2D eigenvalue weighted by Crippen LogP contribution is -2.34. The molecule has 1 aliphatic rings. The maximum Gasteiger partial charge on any atom is 0.213 e. The first-order chi connectivity index (χ1) is 11.2. The van der Waals surface area contributed by atoms with Crippen molar-refractivity contribution >= 4 is 23.2 Å². The number of piperidine rings is 1. The average molecular weight is 353 g/mol. The predicted molar refractivity (Wildman–Crippen MR) is 91.6 cm³/mol. The van der Waals surface area contributed by atoms with Crippen LogP contribution in [0.4, 0.5) is 0 Å². The average Bonchev–Trinajstić information content (AvgIpc) is 2.55. The number of hydrogen-bond acceptors (Lipinski definition) is 4. The molecule has 4 nitrogen and oxygen atoms in total. The van der Waals surface area contributed by atoms with Gasteiger partial charge in [0.15, 0.2) is 0 Å². The van der Waals surface area contributed by atoms with E-state index in [1.165, 1.54) is 0 Å². The Balaban J connectivity index is 1.60. The van der Waals surface area contributed by atoms with Gasteiger partial charge in [0.2, 0.25) is 5.88 Å². The van der Waals surface area contributed by atoms with E-state index < -0.39 is 0 Å². The van der Waals surface area contributed by atoms with Crippen molar-refractivity contribution in [2.45, 2.75) is 25.6 Å². The second-order valence-corrected chi connectivity index (χ2v) is 6.24. The van der Waals surface area contributed by atoms with Crippen molar-refractivity contribution in [2.75, 3.05) is 13.1 Å². The Kier molecular flexibility index (Phi) is 5.60. The Hall–Kier alpha value is -1.49. The fourth-order valence-electron chi connectivity index (χ4n) is 2.43. The minimum absolute atomic E-state index is 0.227. The first kappa shape index (κ1) is 16.4. The zero-order chi connectivity index (χ0) is 16.1. The van der Waals surface area contributed by atoms with Crippen LogP contribution < -0.4 is 14.8 Å². The Morgan fingerprint density at radius 1 is 1.13 bits per heavy atom. The first-order valence-electron chi connectivity index (χ1n) is 7.62. The van der Waals surface area contributed by atoms with E-state index in [4.69, 9.17) is 32.7 Å². The number of hydrogen-bond donors (Lipinski definition) is 1. The van der Waals surface area contributed by atoms with Crippen molar-refractivity contribution < 1.29 is 9.47 Å². The summed E-state index contributed by atoms with van der Waals surface area (Å²) < 4.78 is 11.6. The van der Waals surface area contributed by atoms with Crippen molar-refractivity contribution in [1.82, 2.24) is 10.3 Å². The lowest BCUT2D eigenvalue weighted by atomic mass is 10.1. The number of pyridine rings is 1. The maximum absolute atomic E-state index is 6.10.